The van der Waals surface area contributed by atoms with Crippen LogP contribution in [0.1, 0.15) is 239 Å². The molecular weight excluding hydrogens is 1480 g/mol. The Labute approximate surface area is 730 Å². The Morgan fingerprint density at radius 2 is 0.393 bits per heavy atom. The Kier molecular flexibility index (Phi) is 32.6. The van der Waals surface area contributed by atoms with Gasteiger partial charge in [-0.2, -0.15) is 0 Å². The topological polar surface area (TPSA) is 116 Å². The third kappa shape index (κ3) is 26.7. The predicted molar refractivity (Wildman–Crippen MR) is 516 cm³/mol. The minimum atomic E-state index is 0.0873. The van der Waals surface area contributed by atoms with Crippen molar-refractivity contribution in [2.24, 2.45) is 0 Å². The zero-order valence-corrected chi connectivity index (χ0v) is 75.4. The molecule has 0 spiro atoms. The molecule has 3 heterocycles. The lowest BCUT2D eigenvalue weighted by atomic mass is 9.85. The van der Waals surface area contributed by atoms with Crippen LogP contribution in [-0.4, -0.2) is 44.9 Å². The van der Waals surface area contributed by atoms with E-state index < -0.39 is 0 Å². The zero-order valence-electron chi connectivity index (χ0n) is 75.4. The molecule has 0 aliphatic heterocycles. The Morgan fingerprint density at radius 3 is 0.639 bits per heavy atom. The van der Waals surface area contributed by atoms with Crippen LogP contribution in [0.4, 0.5) is 0 Å². The maximum atomic E-state index is 5.09. The van der Waals surface area contributed by atoms with Crippen LogP contribution < -0.4 is 0 Å². The second-order valence-corrected chi connectivity index (χ2v) is 35.8. The molecule has 0 aliphatic rings. The molecule has 9 nitrogen and oxygen atoms in total. The number of nitrogens with zero attached hydrogens (tertiary/aromatic N) is 9. The molecule has 14 aromatic rings. The molecule has 0 aliphatic carbocycles. The van der Waals surface area contributed by atoms with Gasteiger partial charge in [-0.05, 0) is 153 Å². The van der Waals surface area contributed by atoms with Crippen LogP contribution >= 0.6 is 0 Å². The van der Waals surface area contributed by atoms with Crippen molar-refractivity contribution in [2.45, 2.75) is 249 Å². The van der Waals surface area contributed by atoms with Crippen molar-refractivity contribution in [2.75, 3.05) is 0 Å². The lowest BCUT2D eigenvalue weighted by molar-refractivity contribution is 0.556. The van der Waals surface area contributed by atoms with Crippen molar-refractivity contribution in [3.05, 3.63) is 316 Å². The molecule has 14 rings (SSSR count). The van der Waals surface area contributed by atoms with Crippen molar-refractivity contribution in [3.63, 3.8) is 0 Å². The third-order valence-electron chi connectivity index (χ3n) is 23.1. The van der Waals surface area contributed by atoms with Crippen LogP contribution in [0.25, 0.3) is 125 Å². The molecule has 3 aromatic heterocycles. The van der Waals surface area contributed by atoms with Gasteiger partial charge in [0, 0.05) is 50.1 Å². The lowest BCUT2D eigenvalue weighted by Crippen LogP contribution is -2.10. The lowest BCUT2D eigenvalue weighted by Gasteiger charge is -2.20. The Balaban J connectivity index is 0.000000169. The largest absolute Gasteiger partial charge is 0.208 e. The van der Waals surface area contributed by atoms with Gasteiger partial charge in [0.05, 0.1) is 0 Å². The highest BCUT2D eigenvalue weighted by molar-refractivity contribution is 5.81. The fraction of sp³-hybridized carbons (Fsp3) is 0.336. The predicted octanol–water partition coefficient (Wildman–Crippen LogP) is 31.3. The molecule has 0 atom stereocenters. The molecule has 122 heavy (non-hydrogen) atoms. The van der Waals surface area contributed by atoms with Gasteiger partial charge in [-0.1, -0.05) is 435 Å². The van der Waals surface area contributed by atoms with Crippen molar-refractivity contribution in [3.8, 4) is 125 Å². The summed E-state index contributed by atoms with van der Waals surface area (Å²) in [5.41, 5.74) is 26.4. The van der Waals surface area contributed by atoms with E-state index in [4.69, 9.17) is 44.9 Å². The minimum Gasteiger partial charge on any atom is -0.208 e. The molecular formula is C113H129N9. The molecule has 0 bridgehead atoms. The molecule has 9 heteroatoms. The monoisotopic (exact) mass is 1610 g/mol. The molecule has 0 fully saturated rings. The normalized spacial score (nSPS) is 11.4. The first-order chi connectivity index (χ1) is 59.1. The number of aromatic nitrogens is 9. The number of hydrogen-bond donors (Lipinski definition) is 0. The van der Waals surface area contributed by atoms with Gasteiger partial charge < -0.3 is 0 Å². The van der Waals surface area contributed by atoms with Crippen molar-refractivity contribution in [1.29, 1.82) is 0 Å². The first-order valence-corrected chi connectivity index (χ1v) is 45.3. The van der Waals surface area contributed by atoms with Crippen LogP contribution in [0.3, 0.4) is 0 Å². The van der Waals surface area contributed by atoms with E-state index in [1.54, 1.807) is 0 Å². The van der Waals surface area contributed by atoms with E-state index in [2.05, 4.69) is 358 Å². The van der Waals surface area contributed by atoms with Crippen molar-refractivity contribution >= 4 is 0 Å². The summed E-state index contributed by atoms with van der Waals surface area (Å²) < 4.78 is 0. The van der Waals surface area contributed by atoms with Gasteiger partial charge in [0.15, 0.2) is 52.4 Å². The standard InChI is InChI=1S/C43H43N3.2C35H43N3/c1-28-9-13-32(14-10-28)39-44-40(33-15-11-29(2)12-16-33)46-41(45-39)36-26-34(30-17-21-37(22-18-30)42(3,4)5)25-35(27-36)31-19-23-38(24-20-31)43(6,7)8;1-4-5-6-7-8-9-10-11-12-13-18-29-21-23-30(24-22-29)33-36-34(31-19-14-16-27(2)25-31)38-35(37-33)32-20-15-17-28(3)26-32;1-4-5-6-7-8-9-10-11-12-13-14-29-19-25-32(26-20-29)35-37-33(30-21-15-27(2)16-22-30)36-34(38-35)31-23-17-28(3)18-24-31/h9-27H,1-8H3;14-17,19-26H,4-13,18H2,1-3H3;15-26H,4-14H2,1-3H3. The molecule has 626 valence electrons. The average molecular weight is 1610 g/mol. The molecule has 0 unspecified atom stereocenters. The van der Waals surface area contributed by atoms with Crippen molar-refractivity contribution < 1.29 is 0 Å². The highest BCUT2D eigenvalue weighted by Crippen LogP contribution is 2.37. The van der Waals surface area contributed by atoms with Gasteiger partial charge in [0.1, 0.15) is 0 Å². The van der Waals surface area contributed by atoms with E-state index in [0.717, 1.165) is 96.8 Å². The van der Waals surface area contributed by atoms with E-state index in [9.17, 15) is 0 Å². The number of unbranched alkanes of at least 4 members (excludes halogenated alkanes) is 18. The summed E-state index contributed by atoms with van der Waals surface area (Å²) in [5, 5.41) is 0. The summed E-state index contributed by atoms with van der Waals surface area (Å²) in [6, 6.07) is 92.5. The first kappa shape index (κ1) is 89.7. The van der Waals surface area contributed by atoms with Crippen LogP contribution in [0, 0.1) is 41.5 Å². The zero-order chi connectivity index (χ0) is 85.8. The smallest absolute Gasteiger partial charge is 0.164 e. The van der Waals surface area contributed by atoms with Gasteiger partial charge in [0.2, 0.25) is 0 Å². The summed E-state index contributed by atoms with van der Waals surface area (Å²) in [7, 11) is 0. The number of aryl methyl sites for hydroxylation is 8. The molecule has 0 N–H and O–H groups in total. The highest BCUT2D eigenvalue weighted by Gasteiger charge is 2.21. The van der Waals surface area contributed by atoms with Crippen LogP contribution in [0.5, 0.6) is 0 Å². The Hall–Kier alpha value is -11.6. The fourth-order valence-corrected chi connectivity index (χ4v) is 15.4. The summed E-state index contributed by atoms with van der Waals surface area (Å²) in [6.45, 7) is 30.6. The Morgan fingerprint density at radius 1 is 0.180 bits per heavy atom. The van der Waals surface area contributed by atoms with E-state index in [1.165, 1.54) is 184 Å². The quantitative estimate of drug-likeness (QED) is 0.0371. The summed E-state index contributed by atoms with van der Waals surface area (Å²) in [4.78, 5) is 44.4. The molecule has 0 saturated heterocycles. The molecule has 0 amide bonds. The average Bonchev–Trinajstić information content (AvgIpc) is 0.788. The van der Waals surface area contributed by atoms with Gasteiger partial charge in [0.25, 0.3) is 0 Å². The van der Waals surface area contributed by atoms with E-state index in [-0.39, 0.29) is 10.8 Å². The van der Waals surface area contributed by atoms with Crippen molar-refractivity contribution in [1.82, 2.24) is 44.9 Å². The maximum absolute atomic E-state index is 5.09. The molecule has 0 radical (unpaired) electrons. The van der Waals surface area contributed by atoms with Crippen LogP contribution in [0.2, 0.25) is 0 Å². The maximum Gasteiger partial charge on any atom is 0.164 e. The summed E-state index contributed by atoms with van der Waals surface area (Å²) in [6.07, 6.45) is 29.7. The number of rotatable bonds is 33. The summed E-state index contributed by atoms with van der Waals surface area (Å²) >= 11 is 0. The van der Waals surface area contributed by atoms with Gasteiger partial charge in [-0.15, -0.1) is 0 Å². The Bertz CT molecular complexity index is 5320. The third-order valence-corrected chi connectivity index (χ3v) is 23.1. The van der Waals surface area contributed by atoms with E-state index in [1.807, 2.05) is 0 Å². The second kappa shape index (κ2) is 44.3. The number of benzene rings is 11. The number of hydrogen-bond acceptors (Lipinski definition) is 9. The minimum absolute atomic E-state index is 0.0873. The van der Waals surface area contributed by atoms with E-state index in [0.29, 0.717) is 40.8 Å². The molecule has 0 saturated carbocycles. The summed E-state index contributed by atoms with van der Waals surface area (Å²) in [5.74, 6) is 6.26. The van der Waals surface area contributed by atoms with Gasteiger partial charge >= 0.3 is 0 Å². The van der Waals surface area contributed by atoms with Crippen LogP contribution in [-0.2, 0) is 23.7 Å². The molecule has 11 aromatic carbocycles. The van der Waals surface area contributed by atoms with Crippen LogP contribution in [0.15, 0.2) is 261 Å². The second-order valence-electron chi connectivity index (χ2n) is 35.8. The SMILES string of the molecule is CCCCCCCCCCCCc1ccc(-c2nc(-c3ccc(C)cc3)nc(-c3ccc(C)cc3)n2)cc1.CCCCCCCCCCCCc1ccc(-c2nc(-c3cccc(C)c3)nc(-c3cccc(C)c3)n2)cc1.Cc1ccc(-c2nc(-c3ccc(C)cc3)nc(-c3cc(-c4ccc(C(C)(C)C)cc4)cc(-c4ccc(C(C)(C)C)cc4)c3)n2)cc1. The van der Waals surface area contributed by atoms with E-state index >= 15 is 0 Å². The van der Waals surface area contributed by atoms with Gasteiger partial charge in [-0.25, -0.2) is 44.9 Å². The van der Waals surface area contributed by atoms with Gasteiger partial charge in [-0.3, -0.25) is 0 Å². The highest BCUT2D eigenvalue weighted by atomic mass is 15.1. The first-order valence-electron chi connectivity index (χ1n) is 45.3. The fourth-order valence-electron chi connectivity index (χ4n) is 15.4.